The number of carbonyl (C=O) groups is 2. The summed E-state index contributed by atoms with van der Waals surface area (Å²) in [4.78, 5) is 25.0. The van der Waals surface area contributed by atoms with Crippen LogP contribution < -0.4 is 0 Å². The van der Waals surface area contributed by atoms with Gasteiger partial charge in [-0.1, -0.05) is 20.8 Å². The summed E-state index contributed by atoms with van der Waals surface area (Å²) >= 11 is 0. The highest BCUT2D eigenvalue weighted by atomic mass is 16.6. The van der Waals surface area contributed by atoms with Crippen molar-refractivity contribution in [2.24, 2.45) is 10.8 Å². The third-order valence-electron chi connectivity index (χ3n) is 4.62. The Kier molecular flexibility index (Phi) is 5.24. The van der Waals surface area contributed by atoms with Crippen LogP contribution >= 0.6 is 0 Å². The molecule has 0 aliphatic carbocycles. The van der Waals surface area contributed by atoms with Crippen LogP contribution in [0.3, 0.4) is 0 Å². The molecule has 0 amide bonds. The van der Waals surface area contributed by atoms with Crippen LogP contribution in [0.4, 0.5) is 0 Å². The molecule has 24 heavy (non-hydrogen) atoms. The van der Waals surface area contributed by atoms with E-state index in [-0.39, 0.29) is 6.61 Å². The number of ether oxygens (including phenoxy) is 3. The van der Waals surface area contributed by atoms with Gasteiger partial charge in [-0.2, -0.15) is 0 Å². The van der Waals surface area contributed by atoms with E-state index in [4.69, 9.17) is 14.2 Å². The molecule has 5 heteroatoms. The van der Waals surface area contributed by atoms with Gasteiger partial charge >= 0.3 is 11.9 Å². The van der Waals surface area contributed by atoms with E-state index >= 15 is 0 Å². The Morgan fingerprint density at radius 3 is 1.83 bits per heavy atom. The van der Waals surface area contributed by atoms with E-state index in [1.54, 1.807) is 20.8 Å². The molecular formula is C19H34O5. The van der Waals surface area contributed by atoms with Crippen LogP contribution in [0.2, 0.25) is 0 Å². The van der Waals surface area contributed by atoms with Crippen molar-refractivity contribution in [3.05, 3.63) is 0 Å². The van der Waals surface area contributed by atoms with Gasteiger partial charge < -0.3 is 14.2 Å². The lowest BCUT2D eigenvalue weighted by Crippen LogP contribution is -2.55. The van der Waals surface area contributed by atoms with Crippen LogP contribution in [0.5, 0.6) is 0 Å². The number of hydrogen-bond donors (Lipinski definition) is 0. The van der Waals surface area contributed by atoms with Gasteiger partial charge in [0.15, 0.2) is 6.61 Å². The van der Waals surface area contributed by atoms with E-state index in [9.17, 15) is 9.59 Å². The fraction of sp³-hybridized carbons (Fsp3) is 0.895. The third kappa shape index (κ3) is 4.11. The van der Waals surface area contributed by atoms with Gasteiger partial charge in [-0.25, -0.2) is 4.79 Å². The molecule has 0 bridgehead atoms. The number of carbonyl (C=O) groups excluding carboxylic acids is 2. The van der Waals surface area contributed by atoms with Crippen molar-refractivity contribution in [2.75, 3.05) is 6.61 Å². The Morgan fingerprint density at radius 1 is 1.00 bits per heavy atom. The molecular weight excluding hydrogens is 308 g/mol. The largest absolute Gasteiger partial charge is 0.457 e. The van der Waals surface area contributed by atoms with Crippen molar-refractivity contribution in [1.82, 2.24) is 0 Å². The van der Waals surface area contributed by atoms with E-state index in [0.29, 0.717) is 6.42 Å². The minimum absolute atomic E-state index is 0.384. The van der Waals surface area contributed by atoms with Gasteiger partial charge in [-0.05, 0) is 60.3 Å². The minimum Gasteiger partial charge on any atom is -0.457 e. The lowest BCUT2D eigenvalue weighted by atomic mass is 9.57. The zero-order valence-electron chi connectivity index (χ0n) is 17.0. The molecule has 1 unspecified atom stereocenters. The lowest BCUT2D eigenvalue weighted by Gasteiger charge is -2.46. The molecule has 0 aromatic carbocycles. The van der Waals surface area contributed by atoms with Crippen LogP contribution in [-0.2, 0) is 23.8 Å². The fourth-order valence-corrected chi connectivity index (χ4v) is 4.08. The van der Waals surface area contributed by atoms with E-state index in [0.717, 1.165) is 0 Å². The van der Waals surface area contributed by atoms with Crippen molar-refractivity contribution in [1.29, 1.82) is 0 Å². The standard InChI is InChI=1S/C19H34O5/c1-15(2,3)19(12-17(7,8)24-18(19,9)10)14(21)22-11-13(20)23-16(4,5)6/h11-12H2,1-10H3. The van der Waals surface area contributed by atoms with Gasteiger partial charge in [0.05, 0.1) is 11.2 Å². The van der Waals surface area contributed by atoms with Gasteiger partial charge in [-0.15, -0.1) is 0 Å². The smallest absolute Gasteiger partial charge is 0.344 e. The molecule has 140 valence electrons. The average molecular weight is 342 g/mol. The SMILES string of the molecule is CC(C)(C)OC(=O)COC(=O)C1(C(C)(C)C)CC(C)(C)OC1(C)C. The van der Waals surface area contributed by atoms with E-state index in [1.165, 1.54) is 0 Å². The molecule has 0 radical (unpaired) electrons. The zero-order chi connectivity index (χ0) is 19.2. The van der Waals surface area contributed by atoms with Crippen molar-refractivity contribution < 1.29 is 23.8 Å². The molecule has 1 atom stereocenters. The molecule has 0 aromatic rings. The van der Waals surface area contributed by atoms with Crippen molar-refractivity contribution in [3.8, 4) is 0 Å². The summed E-state index contributed by atoms with van der Waals surface area (Å²) < 4.78 is 16.8. The van der Waals surface area contributed by atoms with Crippen LogP contribution in [0, 0.1) is 10.8 Å². The average Bonchev–Trinajstić information content (AvgIpc) is 2.48. The topological polar surface area (TPSA) is 61.8 Å². The lowest BCUT2D eigenvalue weighted by molar-refractivity contribution is -0.187. The Labute approximate surface area is 146 Å². The molecule has 1 heterocycles. The van der Waals surface area contributed by atoms with Gasteiger partial charge in [-0.3, -0.25) is 4.79 Å². The summed E-state index contributed by atoms with van der Waals surface area (Å²) in [5.74, 6) is -0.952. The van der Waals surface area contributed by atoms with Crippen molar-refractivity contribution in [2.45, 2.75) is 92.5 Å². The van der Waals surface area contributed by atoms with Gasteiger partial charge in [0.2, 0.25) is 0 Å². The molecule has 1 fully saturated rings. The third-order valence-corrected chi connectivity index (χ3v) is 4.62. The van der Waals surface area contributed by atoms with E-state index in [2.05, 4.69) is 0 Å². The molecule has 0 aromatic heterocycles. The predicted molar refractivity (Wildman–Crippen MR) is 92.6 cm³/mol. The first kappa shape index (κ1) is 20.9. The first-order valence-corrected chi connectivity index (χ1v) is 8.53. The molecule has 0 N–H and O–H groups in total. The summed E-state index contributed by atoms with van der Waals surface area (Å²) in [5, 5.41) is 0. The predicted octanol–water partition coefficient (Wildman–Crippen LogP) is 3.88. The Bertz CT molecular complexity index is 505. The van der Waals surface area contributed by atoms with E-state index in [1.807, 2.05) is 48.5 Å². The normalized spacial score (nSPS) is 26.1. The summed E-state index contributed by atoms with van der Waals surface area (Å²) in [6.07, 6.45) is 0.531. The van der Waals surface area contributed by atoms with E-state index < -0.39 is 39.6 Å². The highest BCUT2D eigenvalue weighted by Gasteiger charge is 2.67. The molecule has 0 saturated carbocycles. The Balaban J connectivity index is 3.04. The molecule has 1 aliphatic rings. The van der Waals surface area contributed by atoms with Gasteiger partial charge in [0.25, 0.3) is 0 Å². The van der Waals surface area contributed by atoms with Crippen LogP contribution in [0.25, 0.3) is 0 Å². The van der Waals surface area contributed by atoms with Crippen molar-refractivity contribution >= 4 is 11.9 Å². The molecule has 1 saturated heterocycles. The second kappa shape index (κ2) is 6.01. The monoisotopic (exact) mass is 342 g/mol. The quantitative estimate of drug-likeness (QED) is 0.728. The first-order chi connectivity index (χ1) is 10.4. The minimum atomic E-state index is -0.856. The number of esters is 2. The highest BCUT2D eigenvalue weighted by molar-refractivity contribution is 5.83. The molecule has 1 rings (SSSR count). The maximum atomic E-state index is 13.1. The Hall–Kier alpha value is -1.10. The summed E-state index contributed by atoms with van der Waals surface area (Å²) in [6.45, 7) is 18.8. The maximum Gasteiger partial charge on any atom is 0.344 e. The summed E-state index contributed by atoms with van der Waals surface area (Å²) in [6, 6.07) is 0. The Morgan fingerprint density at radius 2 is 1.50 bits per heavy atom. The van der Waals surface area contributed by atoms with Gasteiger partial charge in [0.1, 0.15) is 11.0 Å². The zero-order valence-corrected chi connectivity index (χ0v) is 17.0. The number of hydrogen-bond acceptors (Lipinski definition) is 5. The van der Waals surface area contributed by atoms with Crippen LogP contribution in [0.1, 0.15) is 75.7 Å². The summed E-state index contributed by atoms with van der Waals surface area (Å²) in [7, 11) is 0. The van der Waals surface area contributed by atoms with Crippen LogP contribution in [-0.4, -0.2) is 35.3 Å². The molecule has 5 nitrogen and oxygen atoms in total. The first-order valence-electron chi connectivity index (χ1n) is 8.53. The highest BCUT2D eigenvalue weighted by Crippen LogP contribution is 2.60. The fourth-order valence-electron chi connectivity index (χ4n) is 4.08. The number of rotatable bonds is 3. The molecule has 1 aliphatic heterocycles. The van der Waals surface area contributed by atoms with Gasteiger partial charge in [0, 0.05) is 0 Å². The summed E-state index contributed by atoms with van der Waals surface area (Å²) in [5.41, 5.74) is -3.01. The maximum absolute atomic E-state index is 13.1. The van der Waals surface area contributed by atoms with Crippen molar-refractivity contribution in [3.63, 3.8) is 0 Å². The second-order valence-electron chi connectivity index (χ2n) is 9.87. The second-order valence-corrected chi connectivity index (χ2v) is 9.87. The molecule has 0 spiro atoms. The van der Waals surface area contributed by atoms with Crippen LogP contribution in [0.15, 0.2) is 0 Å².